The van der Waals surface area contributed by atoms with E-state index in [9.17, 15) is 18.0 Å². The highest BCUT2D eigenvalue weighted by molar-refractivity contribution is 6.00. The van der Waals surface area contributed by atoms with Gasteiger partial charge in [0.05, 0.1) is 22.5 Å². The molecule has 2 heterocycles. The summed E-state index contributed by atoms with van der Waals surface area (Å²) in [6, 6.07) is 13.7. The number of carbonyl (C=O) groups is 1. The van der Waals surface area contributed by atoms with Gasteiger partial charge in [0.1, 0.15) is 5.82 Å². The number of amides is 1. The van der Waals surface area contributed by atoms with E-state index >= 15 is 0 Å². The molecule has 4 N–H and O–H groups in total. The smallest absolute Gasteiger partial charge is 0.355 e. The van der Waals surface area contributed by atoms with Gasteiger partial charge in [0.25, 0.3) is 5.91 Å². The fourth-order valence-corrected chi connectivity index (χ4v) is 4.65. The van der Waals surface area contributed by atoms with Gasteiger partial charge in [-0.05, 0) is 65.9 Å². The molecule has 9 heteroatoms. The number of anilines is 4. The molecule has 5 rings (SSSR count). The number of pyridine rings is 1. The lowest BCUT2D eigenvalue weighted by Crippen LogP contribution is -2.20. The van der Waals surface area contributed by atoms with Crippen LogP contribution in [0.15, 0.2) is 72.5 Å². The lowest BCUT2D eigenvalue weighted by Gasteiger charge is -2.18. The SMILES string of the molecule is CNC(=O)c1ccccc1Nc1cc(Nc2ccc3c(c2)C(C2=CCNCC2)=CC3)ncc1C(F)(F)F. The van der Waals surface area contributed by atoms with E-state index in [1.54, 1.807) is 24.3 Å². The molecule has 2 aromatic carbocycles. The zero-order valence-corrected chi connectivity index (χ0v) is 20.2. The molecule has 1 aromatic heterocycles. The van der Waals surface area contributed by atoms with Crippen LogP contribution >= 0.6 is 0 Å². The number of rotatable bonds is 6. The molecule has 0 spiro atoms. The van der Waals surface area contributed by atoms with Gasteiger partial charge in [0.2, 0.25) is 0 Å². The summed E-state index contributed by atoms with van der Waals surface area (Å²) in [4.78, 5) is 16.3. The number of para-hydroxylation sites is 1. The van der Waals surface area contributed by atoms with Crippen molar-refractivity contribution in [1.82, 2.24) is 15.6 Å². The van der Waals surface area contributed by atoms with Gasteiger partial charge in [0.15, 0.2) is 0 Å². The minimum absolute atomic E-state index is 0.206. The largest absolute Gasteiger partial charge is 0.419 e. The van der Waals surface area contributed by atoms with Crippen LogP contribution in [0.25, 0.3) is 5.57 Å². The van der Waals surface area contributed by atoms with Crippen molar-refractivity contribution in [3.8, 4) is 0 Å². The topological polar surface area (TPSA) is 78.1 Å². The molecule has 0 unspecified atom stereocenters. The van der Waals surface area contributed by atoms with E-state index in [0.717, 1.165) is 43.4 Å². The summed E-state index contributed by atoms with van der Waals surface area (Å²) < 4.78 is 41.4. The third kappa shape index (κ3) is 5.22. The Hall–Kier alpha value is -4.11. The molecule has 1 aliphatic carbocycles. The number of hydrogen-bond acceptors (Lipinski definition) is 5. The van der Waals surface area contributed by atoms with Gasteiger partial charge < -0.3 is 21.3 Å². The van der Waals surface area contributed by atoms with E-state index in [1.807, 2.05) is 18.2 Å². The highest BCUT2D eigenvalue weighted by Gasteiger charge is 2.34. The number of aromatic nitrogens is 1. The van der Waals surface area contributed by atoms with Crippen LogP contribution in [0, 0.1) is 0 Å². The zero-order chi connectivity index (χ0) is 26.0. The third-order valence-electron chi connectivity index (χ3n) is 6.49. The number of hydrogen-bond donors (Lipinski definition) is 4. The molecule has 3 aromatic rings. The van der Waals surface area contributed by atoms with Crippen LogP contribution in [0.5, 0.6) is 0 Å². The Morgan fingerprint density at radius 3 is 2.62 bits per heavy atom. The first kappa shape index (κ1) is 24.6. The molecule has 0 radical (unpaired) electrons. The molecule has 0 saturated heterocycles. The van der Waals surface area contributed by atoms with Crippen molar-refractivity contribution in [1.29, 1.82) is 0 Å². The van der Waals surface area contributed by atoms with Crippen LogP contribution in [0.4, 0.5) is 36.1 Å². The van der Waals surface area contributed by atoms with Crippen molar-refractivity contribution in [2.75, 3.05) is 30.8 Å². The molecule has 37 heavy (non-hydrogen) atoms. The van der Waals surface area contributed by atoms with Crippen molar-refractivity contribution in [3.63, 3.8) is 0 Å². The molecule has 0 bridgehead atoms. The summed E-state index contributed by atoms with van der Waals surface area (Å²) in [5.41, 5.74) is 4.95. The Labute approximate surface area is 212 Å². The predicted molar refractivity (Wildman–Crippen MR) is 139 cm³/mol. The molecule has 0 fully saturated rings. The van der Waals surface area contributed by atoms with Gasteiger partial charge in [-0.1, -0.05) is 30.4 Å². The van der Waals surface area contributed by atoms with Gasteiger partial charge in [-0.25, -0.2) is 4.98 Å². The van der Waals surface area contributed by atoms with Crippen LogP contribution in [0.1, 0.15) is 33.5 Å². The minimum Gasteiger partial charge on any atom is -0.355 e. The van der Waals surface area contributed by atoms with Gasteiger partial charge >= 0.3 is 6.18 Å². The molecular formula is C28H26F3N5O. The van der Waals surface area contributed by atoms with Crippen molar-refractivity contribution in [2.45, 2.75) is 19.0 Å². The number of benzene rings is 2. The number of allylic oxidation sites excluding steroid dienone is 2. The number of alkyl halides is 3. The standard InChI is InChI=1S/C28H26F3N5O/c1-32-27(37)21-4-2-3-5-24(21)36-25-15-26(34-16-23(25)28(29,30)31)35-19-8-6-17-7-9-20(22(17)14-19)18-10-12-33-13-11-18/h2-6,8-10,14-16,33H,7,11-13H2,1H3,(H,32,37)(H2,34,35,36). The summed E-state index contributed by atoms with van der Waals surface area (Å²) in [7, 11) is 1.47. The van der Waals surface area contributed by atoms with Crippen LogP contribution in [-0.2, 0) is 12.6 Å². The second-order valence-electron chi connectivity index (χ2n) is 8.86. The molecule has 1 amide bonds. The molecular weight excluding hydrogens is 479 g/mol. The Morgan fingerprint density at radius 1 is 1.03 bits per heavy atom. The summed E-state index contributed by atoms with van der Waals surface area (Å²) in [6.45, 7) is 1.78. The Bertz CT molecular complexity index is 1410. The summed E-state index contributed by atoms with van der Waals surface area (Å²) in [6.07, 6.45) is 2.41. The lowest BCUT2D eigenvalue weighted by atomic mass is 9.95. The molecule has 0 saturated carbocycles. The Balaban J connectivity index is 1.46. The van der Waals surface area contributed by atoms with E-state index in [-0.39, 0.29) is 22.8 Å². The number of nitrogens with zero attached hydrogens (tertiary/aromatic N) is 1. The van der Waals surface area contributed by atoms with Crippen LogP contribution in [0.3, 0.4) is 0 Å². The number of halogens is 3. The summed E-state index contributed by atoms with van der Waals surface area (Å²) in [5.74, 6) is -0.160. The van der Waals surface area contributed by atoms with Gasteiger partial charge in [-0.15, -0.1) is 0 Å². The normalized spacial score (nSPS) is 14.9. The average molecular weight is 506 g/mol. The molecule has 2 aliphatic rings. The third-order valence-corrected chi connectivity index (χ3v) is 6.49. The van der Waals surface area contributed by atoms with Crippen LogP contribution in [-0.4, -0.2) is 31.0 Å². The first-order valence-electron chi connectivity index (χ1n) is 12.0. The van der Waals surface area contributed by atoms with Gasteiger partial charge in [-0.2, -0.15) is 13.2 Å². The number of fused-ring (bicyclic) bond motifs is 1. The maximum Gasteiger partial charge on any atom is 0.419 e. The zero-order valence-electron chi connectivity index (χ0n) is 20.2. The maximum atomic E-state index is 13.8. The molecule has 0 atom stereocenters. The Morgan fingerprint density at radius 2 is 1.86 bits per heavy atom. The quantitative estimate of drug-likeness (QED) is 0.340. The van der Waals surface area contributed by atoms with E-state index in [0.29, 0.717) is 0 Å². The van der Waals surface area contributed by atoms with Crippen molar-refractivity contribution in [3.05, 3.63) is 94.7 Å². The van der Waals surface area contributed by atoms with Gasteiger partial charge in [-0.3, -0.25) is 4.79 Å². The van der Waals surface area contributed by atoms with E-state index in [2.05, 4.69) is 38.4 Å². The van der Waals surface area contributed by atoms with Crippen molar-refractivity contribution < 1.29 is 18.0 Å². The first-order valence-corrected chi connectivity index (χ1v) is 12.0. The van der Waals surface area contributed by atoms with E-state index in [1.165, 1.54) is 29.8 Å². The molecule has 1 aliphatic heterocycles. The highest BCUT2D eigenvalue weighted by Crippen LogP contribution is 2.39. The second-order valence-corrected chi connectivity index (χ2v) is 8.86. The molecule has 190 valence electrons. The van der Waals surface area contributed by atoms with Crippen LogP contribution in [0.2, 0.25) is 0 Å². The summed E-state index contributed by atoms with van der Waals surface area (Å²) >= 11 is 0. The number of carbonyl (C=O) groups excluding carboxylic acids is 1. The Kier molecular flexibility index (Phi) is 6.71. The van der Waals surface area contributed by atoms with E-state index in [4.69, 9.17) is 0 Å². The highest BCUT2D eigenvalue weighted by atomic mass is 19.4. The average Bonchev–Trinajstić information content (AvgIpc) is 3.32. The minimum atomic E-state index is -4.63. The van der Waals surface area contributed by atoms with Crippen molar-refractivity contribution >= 4 is 34.4 Å². The summed E-state index contributed by atoms with van der Waals surface area (Å²) in [5, 5.41) is 11.8. The fraction of sp³-hybridized carbons (Fsp3) is 0.214. The monoisotopic (exact) mass is 505 g/mol. The first-order chi connectivity index (χ1) is 17.8. The number of nitrogens with one attached hydrogen (secondary N) is 4. The predicted octanol–water partition coefficient (Wildman–Crippen LogP) is 5.81. The second kappa shape index (κ2) is 10.1. The molecule has 6 nitrogen and oxygen atoms in total. The lowest BCUT2D eigenvalue weighted by molar-refractivity contribution is -0.137. The van der Waals surface area contributed by atoms with Crippen molar-refractivity contribution in [2.24, 2.45) is 0 Å². The van der Waals surface area contributed by atoms with Crippen LogP contribution < -0.4 is 21.3 Å². The fourth-order valence-electron chi connectivity index (χ4n) is 4.65. The maximum absolute atomic E-state index is 13.8. The van der Waals surface area contributed by atoms with Gasteiger partial charge in [0, 0.05) is 31.5 Å². The van der Waals surface area contributed by atoms with E-state index < -0.39 is 17.6 Å².